The predicted octanol–water partition coefficient (Wildman–Crippen LogP) is 5.65. The van der Waals surface area contributed by atoms with Crippen molar-refractivity contribution in [2.24, 2.45) is 0 Å². The van der Waals surface area contributed by atoms with Gasteiger partial charge in [0.1, 0.15) is 10.4 Å². The Morgan fingerprint density at radius 3 is 2.61 bits per heavy atom. The minimum atomic E-state index is -0.939. The first kappa shape index (κ1) is 21.2. The summed E-state index contributed by atoms with van der Waals surface area (Å²) in [4.78, 5) is 26.1. The summed E-state index contributed by atoms with van der Waals surface area (Å²) in [5, 5.41) is 10.2. The van der Waals surface area contributed by atoms with Crippen LogP contribution in [-0.4, -0.2) is 30.6 Å². The molecule has 2 aromatic carbocycles. The lowest BCUT2D eigenvalue weighted by atomic mass is 9.92. The first-order valence-electron chi connectivity index (χ1n) is 10.3. The number of aryl methyl sites for hydroxylation is 2. The summed E-state index contributed by atoms with van der Waals surface area (Å²) in [5.74, 6) is -0.0679. The molecule has 6 nitrogen and oxygen atoms in total. The summed E-state index contributed by atoms with van der Waals surface area (Å²) < 4.78 is 2.63. The van der Waals surface area contributed by atoms with Gasteiger partial charge in [0.05, 0.1) is 18.3 Å². The predicted molar refractivity (Wildman–Crippen MR) is 124 cm³/mol. The first-order chi connectivity index (χ1) is 15.0. The van der Waals surface area contributed by atoms with E-state index in [1.165, 1.54) is 0 Å². The number of carboxylic acids is 1. The fraction of sp³-hybridized carbons (Fsp3) is 0.250. The van der Waals surface area contributed by atoms with Crippen LogP contribution in [0.4, 0.5) is 0 Å². The molecule has 7 heteroatoms. The SMILES string of the molecule is CCCCc1nc2nc(Br)cnc2n1Cc1c(C)ccc(-c2ccccc2)c1C(=O)O. The van der Waals surface area contributed by atoms with Crippen LogP contribution in [0.5, 0.6) is 0 Å². The maximum absolute atomic E-state index is 12.4. The third kappa shape index (κ3) is 4.23. The molecule has 0 aliphatic heterocycles. The molecule has 158 valence electrons. The van der Waals surface area contributed by atoms with Crippen molar-refractivity contribution in [1.82, 2.24) is 19.5 Å². The van der Waals surface area contributed by atoms with E-state index < -0.39 is 5.97 Å². The molecule has 0 saturated heterocycles. The number of hydrogen-bond donors (Lipinski definition) is 1. The van der Waals surface area contributed by atoms with Gasteiger partial charge >= 0.3 is 5.97 Å². The van der Waals surface area contributed by atoms with Gasteiger partial charge in [-0.3, -0.25) is 0 Å². The van der Waals surface area contributed by atoms with Gasteiger partial charge in [-0.1, -0.05) is 55.8 Å². The zero-order valence-electron chi connectivity index (χ0n) is 17.5. The molecule has 0 aliphatic rings. The molecular weight excluding hydrogens is 456 g/mol. The van der Waals surface area contributed by atoms with E-state index in [2.05, 4.69) is 32.8 Å². The second-order valence-electron chi connectivity index (χ2n) is 7.51. The van der Waals surface area contributed by atoms with Gasteiger partial charge < -0.3 is 9.67 Å². The highest BCUT2D eigenvalue weighted by atomic mass is 79.9. The normalized spacial score (nSPS) is 11.2. The number of aromatic carboxylic acids is 1. The zero-order valence-corrected chi connectivity index (χ0v) is 19.1. The van der Waals surface area contributed by atoms with Crippen molar-refractivity contribution in [2.45, 2.75) is 39.7 Å². The molecule has 0 aliphatic carbocycles. The molecule has 4 aromatic rings. The Kier molecular flexibility index (Phi) is 6.13. The molecule has 1 N–H and O–H groups in total. The average molecular weight is 479 g/mol. The molecule has 0 radical (unpaired) electrons. The van der Waals surface area contributed by atoms with Crippen molar-refractivity contribution in [3.8, 4) is 11.1 Å². The second kappa shape index (κ2) is 8.98. The van der Waals surface area contributed by atoms with Crippen LogP contribution >= 0.6 is 15.9 Å². The second-order valence-corrected chi connectivity index (χ2v) is 8.32. The monoisotopic (exact) mass is 478 g/mol. The Balaban J connectivity index is 1.90. The third-order valence-corrected chi connectivity index (χ3v) is 5.81. The summed E-state index contributed by atoms with van der Waals surface area (Å²) in [6.45, 7) is 4.46. The molecule has 0 spiro atoms. The molecule has 4 rings (SSSR count). The zero-order chi connectivity index (χ0) is 22.0. The lowest BCUT2D eigenvalue weighted by Gasteiger charge is -2.17. The van der Waals surface area contributed by atoms with Gasteiger partial charge in [0, 0.05) is 6.42 Å². The molecule has 31 heavy (non-hydrogen) atoms. The van der Waals surface area contributed by atoms with E-state index >= 15 is 0 Å². The number of nitrogens with zero attached hydrogens (tertiary/aromatic N) is 4. The average Bonchev–Trinajstić information content (AvgIpc) is 3.10. The van der Waals surface area contributed by atoms with Crippen molar-refractivity contribution >= 4 is 33.2 Å². The van der Waals surface area contributed by atoms with Crippen LogP contribution in [0.2, 0.25) is 0 Å². The maximum atomic E-state index is 12.4. The van der Waals surface area contributed by atoms with Gasteiger partial charge in [-0.25, -0.2) is 19.7 Å². The number of imidazole rings is 1. The van der Waals surface area contributed by atoms with Crippen LogP contribution in [0.3, 0.4) is 0 Å². The van der Waals surface area contributed by atoms with Gasteiger partial charge in [0.25, 0.3) is 0 Å². The van der Waals surface area contributed by atoms with Crippen LogP contribution in [-0.2, 0) is 13.0 Å². The molecule has 0 saturated carbocycles. The highest BCUT2D eigenvalue weighted by Crippen LogP contribution is 2.30. The summed E-state index contributed by atoms with van der Waals surface area (Å²) in [5.41, 5.74) is 4.82. The van der Waals surface area contributed by atoms with Crippen LogP contribution in [0.25, 0.3) is 22.4 Å². The molecule has 0 atom stereocenters. The fourth-order valence-electron chi connectivity index (χ4n) is 3.83. The highest BCUT2D eigenvalue weighted by molar-refractivity contribution is 9.10. The van der Waals surface area contributed by atoms with Crippen molar-refractivity contribution in [2.75, 3.05) is 0 Å². The van der Waals surface area contributed by atoms with Gasteiger partial charge in [-0.15, -0.1) is 0 Å². The number of carboxylic acid groups (broad SMARTS) is 1. The molecule has 2 aromatic heterocycles. The molecule has 0 amide bonds. The van der Waals surface area contributed by atoms with Gasteiger partial charge in [0.15, 0.2) is 11.3 Å². The summed E-state index contributed by atoms with van der Waals surface area (Å²) >= 11 is 3.36. The molecule has 0 unspecified atom stereocenters. The number of benzene rings is 2. The van der Waals surface area contributed by atoms with Gasteiger partial charge in [-0.05, 0) is 51.5 Å². The quantitative estimate of drug-likeness (QED) is 0.370. The Labute approximate surface area is 189 Å². The summed E-state index contributed by atoms with van der Waals surface area (Å²) in [7, 11) is 0. The van der Waals surface area contributed by atoms with Crippen molar-refractivity contribution < 1.29 is 9.90 Å². The lowest BCUT2D eigenvalue weighted by molar-refractivity contribution is 0.0696. The number of hydrogen-bond acceptors (Lipinski definition) is 4. The Morgan fingerprint density at radius 1 is 1.13 bits per heavy atom. The van der Waals surface area contributed by atoms with E-state index in [-0.39, 0.29) is 0 Å². The summed E-state index contributed by atoms with van der Waals surface area (Å²) in [6, 6.07) is 13.5. The third-order valence-electron chi connectivity index (χ3n) is 5.42. The van der Waals surface area contributed by atoms with E-state index in [9.17, 15) is 9.90 Å². The standard InChI is InChI=1S/C24H23BrN4O2/c1-3-4-10-20-28-22-23(26-13-19(25)27-22)29(20)14-18-15(2)11-12-17(21(18)24(30)31)16-8-6-5-7-9-16/h5-9,11-13H,3-4,10,14H2,1-2H3,(H,30,31). The van der Waals surface area contributed by atoms with Gasteiger partial charge in [-0.2, -0.15) is 0 Å². The summed E-state index contributed by atoms with van der Waals surface area (Å²) in [6.07, 6.45) is 4.46. The van der Waals surface area contributed by atoms with E-state index in [4.69, 9.17) is 4.98 Å². The van der Waals surface area contributed by atoms with Crippen molar-refractivity contribution in [3.63, 3.8) is 0 Å². The molecule has 0 bridgehead atoms. The van der Waals surface area contributed by atoms with E-state index in [1.807, 2.05) is 54.0 Å². The van der Waals surface area contributed by atoms with Crippen LogP contribution in [0.1, 0.15) is 47.1 Å². The van der Waals surface area contributed by atoms with E-state index in [0.717, 1.165) is 41.8 Å². The number of carbonyl (C=O) groups is 1. The van der Waals surface area contributed by atoms with Crippen LogP contribution < -0.4 is 0 Å². The minimum absolute atomic E-state index is 0.319. The Bertz CT molecular complexity index is 1250. The van der Waals surface area contributed by atoms with E-state index in [0.29, 0.717) is 33.6 Å². The number of fused-ring (bicyclic) bond motifs is 1. The topological polar surface area (TPSA) is 80.9 Å². The van der Waals surface area contributed by atoms with Crippen LogP contribution in [0, 0.1) is 6.92 Å². The van der Waals surface area contributed by atoms with Gasteiger partial charge in [0.2, 0.25) is 0 Å². The Morgan fingerprint density at radius 2 is 1.90 bits per heavy atom. The number of aromatic nitrogens is 4. The number of unbranched alkanes of at least 4 members (excludes halogenated alkanes) is 1. The highest BCUT2D eigenvalue weighted by Gasteiger charge is 2.22. The molecular formula is C24H23BrN4O2. The lowest BCUT2D eigenvalue weighted by Crippen LogP contribution is -2.13. The number of halogens is 1. The van der Waals surface area contributed by atoms with Crippen molar-refractivity contribution in [1.29, 1.82) is 0 Å². The smallest absolute Gasteiger partial charge is 0.336 e. The number of rotatable bonds is 7. The minimum Gasteiger partial charge on any atom is -0.478 e. The van der Waals surface area contributed by atoms with Crippen LogP contribution in [0.15, 0.2) is 53.3 Å². The first-order valence-corrected chi connectivity index (χ1v) is 11.1. The maximum Gasteiger partial charge on any atom is 0.336 e. The van der Waals surface area contributed by atoms with E-state index in [1.54, 1.807) is 6.20 Å². The van der Waals surface area contributed by atoms with Crippen molar-refractivity contribution in [3.05, 3.63) is 75.8 Å². The molecule has 2 heterocycles. The molecule has 0 fully saturated rings. The Hall–Kier alpha value is -3.06. The largest absolute Gasteiger partial charge is 0.478 e. The fourth-order valence-corrected chi connectivity index (χ4v) is 4.10.